The second-order valence-electron chi connectivity index (χ2n) is 19.8. The van der Waals surface area contributed by atoms with Crippen molar-refractivity contribution in [1.29, 1.82) is 0 Å². The highest BCUT2D eigenvalue weighted by molar-refractivity contribution is 6.61. The molecule has 89 heavy (non-hydrogen) atoms. The lowest BCUT2D eigenvalue weighted by Crippen LogP contribution is -2.46. The van der Waals surface area contributed by atoms with Gasteiger partial charge in [0.15, 0.2) is 0 Å². The van der Waals surface area contributed by atoms with E-state index in [1.165, 1.54) is 32.6 Å². The van der Waals surface area contributed by atoms with Gasteiger partial charge >= 0.3 is 53.1 Å². The fourth-order valence-electron chi connectivity index (χ4n) is 8.52. The van der Waals surface area contributed by atoms with Crippen LogP contribution in [0.3, 0.4) is 0 Å². The molecule has 29 nitrogen and oxygen atoms in total. The molecule has 0 aromatic heterocycles. The number of carbonyl (C=O) groups is 8. The Kier molecular flexibility index (Phi) is 53.8. The van der Waals surface area contributed by atoms with Crippen LogP contribution in [0, 0.1) is 5.92 Å². The normalized spacial score (nSPS) is 14.4. The van der Waals surface area contributed by atoms with Gasteiger partial charge in [0.2, 0.25) is 29.5 Å². The van der Waals surface area contributed by atoms with Crippen LogP contribution >= 0.6 is 0 Å². The average Bonchev–Trinajstić information content (AvgIpc) is 3.88. The van der Waals surface area contributed by atoms with Crippen molar-refractivity contribution in [2.24, 2.45) is 5.92 Å². The Bertz CT molecular complexity index is 1880. The molecule has 1 aliphatic rings. The van der Waals surface area contributed by atoms with Gasteiger partial charge in [0.25, 0.3) is 0 Å². The van der Waals surface area contributed by atoms with Crippen molar-refractivity contribution in [3.8, 4) is 0 Å². The van der Waals surface area contributed by atoms with Gasteiger partial charge in [-0.3, -0.25) is 28.8 Å². The van der Waals surface area contributed by atoms with Gasteiger partial charge in [0, 0.05) is 152 Å². The largest absolute Gasteiger partial charge is 0.501 e. The lowest BCUT2D eigenvalue weighted by atomic mass is 10.0. The molecule has 1 heterocycles. The summed E-state index contributed by atoms with van der Waals surface area (Å²) in [7, 11) is -6.01. The predicted octanol–water partition coefficient (Wildman–Crippen LogP) is 4.08. The summed E-state index contributed by atoms with van der Waals surface area (Å²) in [5, 5.41) is 19.8. The third-order valence-corrected chi connectivity index (χ3v) is 24.4. The number of carbonyl (C=O) groups excluding carboxylic acids is 8. The van der Waals surface area contributed by atoms with Crippen molar-refractivity contribution in [2.75, 3.05) is 127 Å². The summed E-state index contributed by atoms with van der Waals surface area (Å²) in [6, 6.07) is 1.04. The molecule has 3 atom stereocenters. The molecule has 0 radical (unpaired) electrons. The third-order valence-electron chi connectivity index (χ3n) is 12.1. The second kappa shape index (κ2) is 53.6. The summed E-state index contributed by atoms with van der Waals surface area (Å²) in [6.45, 7) is 32.4. The van der Waals surface area contributed by atoms with E-state index >= 15 is 0 Å². The van der Waals surface area contributed by atoms with Crippen molar-refractivity contribution < 1.29 is 111 Å². The summed E-state index contributed by atoms with van der Waals surface area (Å²) in [6.07, 6.45) is 2.50. The summed E-state index contributed by atoms with van der Waals surface area (Å²) >= 11 is 0. The van der Waals surface area contributed by atoms with Crippen LogP contribution in [0.1, 0.15) is 142 Å². The van der Waals surface area contributed by atoms with Crippen LogP contribution in [0.15, 0.2) is 0 Å². The molecule has 1 rings (SSSR count). The van der Waals surface area contributed by atoms with Crippen LogP contribution in [0.4, 0.5) is 0 Å². The summed E-state index contributed by atoms with van der Waals surface area (Å²) in [5.74, 6) is -2.25. The van der Waals surface area contributed by atoms with E-state index in [-0.39, 0.29) is 81.3 Å². The van der Waals surface area contributed by atoms with Gasteiger partial charge in [-0.1, -0.05) is 13.8 Å². The summed E-state index contributed by atoms with van der Waals surface area (Å²) < 4.78 is 83.0. The third kappa shape index (κ3) is 42.8. The van der Waals surface area contributed by atoms with Crippen molar-refractivity contribution >= 4 is 82.7 Å². The molecule has 1 aliphatic heterocycles. The molecule has 524 valence electrons. The number of likely N-dealkylation sites (tertiary alicyclic amines) is 1. The molecule has 0 spiro atoms. The van der Waals surface area contributed by atoms with E-state index in [0.717, 1.165) is 0 Å². The van der Waals surface area contributed by atoms with E-state index in [4.69, 9.17) is 67.3 Å². The van der Waals surface area contributed by atoms with Gasteiger partial charge < -0.3 is 98.6 Å². The highest BCUT2D eigenvalue weighted by atomic mass is 28.4. The Balaban J connectivity index is -0.00000112. The van der Waals surface area contributed by atoms with Crippen LogP contribution in [0.25, 0.3) is 0 Å². The number of esters is 3. The smallest absolute Gasteiger partial charge is 0.464 e. The number of aliphatic hydroxyl groups excluding tert-OH is 1. The Hall–Kier alpha value is -3.89. The monoisotopic (exact) mass is 1350 g/mol. The maximum Gasteiger partial charge on any atom is 0.501 e. The molecular formula is C56H115N5O24Si4. The molecule has 0 aromatic rings. The number of hydrogen-bond donors (Lipinski definition) is 5. The fourth-order valence-corrected chi connectivity index (χ4v) is 18.0. The standard InChI is InChI=1S/C17H35NO6Si.C16H31NO7Si.C13H27NO6Si.C10H22N2O5Si/c1-7-22-25(23-8-2,24-9-3)12-10-11-21-17(20)16(13-14(4)5)18-15(6)19;1-5-22-25(23-6-2,24-7-3)10-8-9-21-16(20)15-11-14(19)12-17(15)13(4)18;1-5-18-21(19-6-2,20-7-3)10-8-9-17-13(16)11-14-12(4)15;1-9(13)12-8-10(14)11-6-5-7-18(15-2,16-3)17-4/h14,16H,7-13H2,1-6H3,(H,18,19);14-15,19H,5-12H2,1-4H3;5-11H2,1-4H3,(H,14,15);5-8H2,1-4H3,(H,11,14)(H,12,13). The second-order valence-corrected chi connectivity index (χ2v) is 31.1. The minimum Gasteiger partial charge on any atom is -0.464 e. The first kappa shape index (κ1) is 89.3. The van der Waals surface area contributed by atoms with E-state index in [0.29, 0.717) is 122 Å². The Morgan fingerprint density at radius 1 is 0.494 bits per heavy atom. The van der Waals surface area contributed by atoms with E-state index in [1.54, 1.807) is 21.3 Å². The van der Waals surface area contributed by atoms with E-state index in [2.05, 4.69) is 21.3 Å². The highest BCUT2D eigenvalue weighted by Gasteiger charge is 2.43. The first-order valence-corrected chi connectivity index (χ1v) is 38.8. The van der Waals surface area contributed by atoms with Gasteiger partial charge in [-0.25, -0.2) is 9.59 Å². The van der Waals surface area contributed by atoms with Crippen molar-refractivity contribution in [2.45, 2.75) is 185 Å². The molecule has 5 amide bonds. The number of rotatable bonds is 46. The zero-order valence-electron chi connectivity index (χ0n) is 57.0. The molecule has 1 saturated heterocycles. The van der Waals surface area contributed by atoms with Gasteiger partial charge in [0.05, 0.1) is 32.5 Å². The van der Waals surface area contributed by atoms with E-state index in [9.17, 15) is 43.5 Å². The van der Waals surface area contributed by atoms with Crippen LogP contribution in [-0.2, 0) is 106 Å². The lowest BCUT2D eigenvalue weighted by molar-refractivity contribution is -0.153. The molecule has 0 saturated carbocycles. The maximum absolute atomic E-state index is 12.2. The average molecular weight is 1350 g/mol. The van der Waals surface area contributed by atoms with Crippen LogP contribution in [-0.4, -0.2) is 238 Å². The topological polar surface area (TPSA) is 347 Å². The Morgan fingerprint density at radius 2 is 0.865 bits per heavy atom. The zero-order chi connectivity index (χ0) is 68.3. The molecule has 33 heteroatoms. The summed E-state index contributed by atoms with van der Waals surface area (Å²) in [4.78, 5) is 92.4. The first-order chi connectivity index (χ1) is 42.2. The molecule has 0 aliphatic carbocycles. The van der Waals surface area contributed by atoms with Crippen molar-refractivity contribution in [3.63, 3.8) is 0 Å². The number of ether oxygens (including phenoxy) is 3. The minimum atomic E-state index is -2.74. The molecule has 0 bridgehead atoms. The maximum atomic E-state index is 12.2. The van der Waals surface area contributed by atoms with Gasteiger partial charge in [-0.15, -0.1) is 0 Å². The summed E-state index contributed by atoms with van der Waals surface area (Å²) in [5.41, 5.74) is 0. The lowest BCUT2D eigenvalue weighted by Gasteiger charge is -2.28. The first-order valence-electron chi connectivity index (χ1n) is 31.0. The molecular weight excluding hydrogens is 1240 g/mol. The van der Waals surface area contributed by atoms with Crippen LogP contribution < -0.4 is 21.3 Å². The number of aliphatic hydroxyl groups is 1. The predicted molar refractivity (Wildman–Crippen MR) is 338 cm³/mol. The van der Waals surface area contributed by atoms with Gasteiger partial charge in [0.1, 0.15) is 18.6 Å². The fraction of sp³-hybridized carbons (Fsp3) is 0.857. The molecule has 5 N–H and O–H groups in total. The number of nitrogens with zero attached hydrogens (tertiary/aromatic N) is 1. The van der Waals surface area contributed by atoms with E-state index < -0.39 is 71.3 Å². The number of hydrogen-bond acceptors (Lipinski definition) is 24. The Morgan fingerprint density at radius 3 is 1.21 bits per heavy atom. The van der Waals surface area contributed by atoms with Crippen LogP contribution in [0.2, 0.25) is 24.2 Å². The quantitative estimate of drug-likeness (QED) is 0.0248. The van der Waals surface area contributed by atoms with Crippen molar-refractivity contribution in [3.05, 3.63) is 0 Å². The highest BCUT2D eigenvalue weighted by Crippen LogP contribution is 2.23. The van der Waals surface area contributed by atoms with Crippen LogP contribution in [0.5, 0.6) is 0 Å². The minimum absolute atomic E-state index is 0.00324. The SMILES string of the molecule is CCO[Si](CCCOC(=O)C(CC(C)C)NC(C)=O)(OCC)OCC.CCO[Si](CCCOC(=O)C1CC(O)CN1C(C)=O)(OCC)OCC.CCO[Si](CCCOC(=O)CNC(C)=O)(OCC)OCC.CO[Si](CCCNC(=O)CNC(C)=O)(OC)OC. The molecule has 3 unspecified atom stereocenters. The van der Waals surface area contributed by atoms with Gasteiger partial charge in [-0.05, 0) is 100 Å². The number of nitrogens with one attached hydrogen (secondary N) is 4. The molecule has 0 aromatic carbocycles. The molecule has 1 fully saturated rings. The zero-order valence-corrected chi connectivity index (χ0v) is 61.0. The number of amides is 5. The van der Waals surface area contributed by atoms with Crippen molar-refractivity contribution in [1.82, 2.24) is 26.2 Å². The number of β-amino-alcohol motifs (C(OH)–C–C–N with tert-alkyl or cyclic N) is 1. The Labute approximate surface area is 535 Å². The van der Waals surface area contributed by atoms with E-state index in [1.807, 2.05) is 76.2 Å². The van der Waals surface area contributed by atoms with Gasteiger partial charge in [-0.2, -0.15) is 0 Å².